The van der Waals surface area contributed by atoms with Crippen LogP contribution in [0.3, 0.4) is 0 Å². The fraction of sp³-hybridized carbons (Fsp3) is 0.462. The number of para-hydroxylation sites is 1. The number of hydrogen-bond donors (Lipinski definition) is 2. The van der Waals surface area contributed by atoms with Crippen molar-refractivity contribution in [1.82, 2.24) is 5.32 Å². The van der Waals surface area contributed by atoms with Gasteiger partial charge in [-0.25, -0.2) is 0 Å². The number of rotatable bonds is 4. The Morgan fingerprint density at radius 1 is 1.33 bits per heavy atom. The van der Waals surface area contributed by atoms with Gasteiger partial charge < -0.3 is 10.6 Å². The Bertz CT molecular complexity index is 424. The Hall–Kier alpha value is -0.770. The van der Waals surface area contributed by atoms with Gasteiger partial charge in [-0.15, -0.1) is 0 Å². The third kappa shape index (κ3) is 3.37. The first-order chi connectivity index (χ1) is 8.56. The van der Waals surface area contributed by atoms with Gasteiger partial charge in [0.25, 0.3) is 0 Å². The lowest BCUT2D eigenvalue weighted by atomic mass is 9.82. The van der Waals surface area contributed by atoms with E-state index in [0.29, 0.717) is 28.3 Å². The number of amides is 1. The zero-order chi connectivity index (χ0) is 13.1. The van der Waals surface area contributed by atoms with Gasteiger partial charge in [-0.1, -0.05) is 36.2 Å². The maximum Gasteiger partial charge on any atom is 0.238 e. The SMILES string of the molecule is CC1CC(NCC(=O)Nc2c(Cl)cccc2Cl)C1. The van der Waals surface area contributed by atoms with Gasteiger partial charge in [0.2, 0.25) is 5.91 Å². The zero-order valence-corrected chi connectivity index (χ0v) is 11.7. The predicted octanol–water partition coefficient (Wildman–Crippen LogP) is 3.32. The lowest BCUT2D eigenvalue weighted by molar-refractivity contribution is -0.115. The molecule has 1 aliphatic rings. The molecule has 18 heavy (non-hydrogen) atoms. The predicted molar refractivity (Wildman–Crippen MR) is 75.3 cm³/mol. The molecule has 0 aliphatic heterocycles. The number of benzene rings is 1. The quantitative estimate of drug-likeness (QED) is 0.892. The second kappa shape index (κ2) is 5.91. The summed E-state index contributed by atoms with van der Waals surface area (Å²) in [7, 11) is 0. The van der Waals surface area contributed by atoms with Crippen LogP contribution in [-0.4, -0.2) is 18.5 Å². The van der Waals surface area contributed by atoms with Crippen LogP contribution >= 0.6 is 23.2 Å². The third-order valence-electron chi connectivity index (χ3n) is 3.15. The lowest BCUT2D eigenvalue weighted by Crippen LogP contribution is -2.43. The molecule has 0 bridgehead atoms. The minimum absolute atomic E-state index is 0.121. The van der Waals surface area contributed by atoms with Gasteiger partial charge in [0.05, 0.1) is 22.3 Å². The van der Waals surface area contributed by atoms with E-state index >= 15 is 0 Å². The smallest absolute Gasteiger partial charge is 0.238 e. The minimum Gasteiger partial charge on any atom is -0.322 e. The first kappa shape index (κ1) is 13.7. The molecule has 0 aromatic heterocycles. The van der Waals surface area contributed by atoms with Crippen LogP contribution in [-0.2, 0) is 4.79 Å². The summed E-state index contributed by atoms with van der Waals surface area (Å²) >= 11 is 11.9. The zero-order valence-electron chi connectivity index (χ0n) is 10.2. The second-order valence-corrected chi connectivity index (χ2v) is 5.61. The Labute approximate surface area is 117 Å². The van der Waals surface area contributed by atoms with Gasteiger partial charge >= 0.3 is 0 Å². The Balaban J connectivity index is 1.83. The highest BCUT2D eigenvalue weighted by atomic mass is 35.5. The van der Waals surface area contributed by atoms with E-state index in [1.807, 2.05) is 0 Å². The molecule has 1 fully saturated rings. The van der Waals surface area contributed by atoms with Crippen molar-refractivity contribution >= 4 is 34.8 Å². The molecular formula is C13H16Cl2N2O. The molecule has 2 N–H and O–H groups in total. The fourth-order valence-corrected chi connectivity index (χ4v) is 2.60. The highest BCUT2D eigenvalue weighted by Crippen LogP contribution is 2.29. The summed E-state index contributed by atoms with van der Waals surface area (Å²) in [6, 6.07) is 5.61. The Kier molecular flexibility index (Phi) is 4.49. The lowest BCUT2D eigenvalue weighted by Gasteiger charge is -2.33. The van der Waals surface area contributed by atoms with Gasteiger partial charge in [-0.2, -0.15) is 0 Å². The van der Waals surface area contributed by atoms with Crippen LogP contribution in [0.1, 0.15) is 19.8 Å². The largest absolute Gasteiger partial charge is 0.322 e. The maximum atomic E-state index is 11.8. The van der Waals surface area contributed by atoms with Crippen LogP contribution in [0.4, 0.5) is 5.69 Å². The molecule has 0 atom stereocenters. The Morgan fingerprint density at radius 2 is 1.94 bits per heavy atom. The van der Waals surface area contributed by atoms with Crippen molar-refractivity contribution in [3.05, 3.63) is 28.2 Å². The average Bonchev–Trinajstić information content (AvgIpc) is 2.28. The summed E-state index contributed by atoms with van der Waals surface area (Å²) in [6.45, 7) is 2.50. The number of carbonyl (C=O) groups is 1. The molecule has 0 saturated heterocycles. The van der Waals surface area contributed by atoms with E-state index in [2.05, 4.69) is 17.6 Å². The number of carbonyl (C=O) groups excluding carboxylic acids is 1. The summed E-state index contributed by atoms with van der Waals surface area (Å²) in [4.78, 5) is 11.8. The molecule has 98 valence electrons. The summed E-state index contributed by atoms with van der Waals surface area (Å²) in [5.74, 6) is 0.646. The van der Waals surface area contributed by atoms with Crippen LogP contribution in [0, 0.1) is 5.92 Å². The van der Waals surface area contributed by atoms with Crippen LogP contribution in [0.2, 0.25) is 10.0 Å². The third-order valence-corrected chi connectivity index (χ3v) is 3.78. The van der Waals surface area contributed by atoms with Gasteiger partial charge in [0.15, 0.2) is 0 Å². The monoisotopic (exact) mass is 286 g/mol. The van der Waals surface area contributed by atoms with Gasteiger partial charge in [0.1, 0.15) is 0 Å². The fourth-order valence-electron chi connectivity index (χ4n) is 2.11. The first-order valence-corrected chi connectivity index (χ1v) is 6.79. The number of hydrogen-bond acceptors (Lipinski definition) is 2. The number of halogens is 2. The highest BCUT2D eigenvalue weighted by Gasteiger charge is 2.25. The van der Waals surface area contributed by atoms with E-state index < -0.39 is 0 Å². The summed E-state index contributed by atoms with van der Waals surface area (Å²) < 4.78 is 0. The van der Waals surface area contributed by atoms with Gasteiger partial charge in [0, 0.05) is 6.04 Å². The molecule has 1 saturated carbocycles. The minimum atomic E-state index is -0.121. The van der Waals surface area contributed by atoms with Crippen LogP contribution in [0.25, 0.3) is 0 Å². The van der Waals surface area contributed by atoms with Crippen LogP contribution in [0.15, 0.2) is 18.2 Å². The maximum absolute atomic E-state index is 11.8. The summed E-state index contributed by atoms with van der Waals surface area (Å²) in [5, 5.41) is 6.84. The van der Waals surface area contributed by atoms with Crippen LogP contribution in [0.5, 0.6) is 0 Å². The van der Waals surface area contributed by atoms with Gasteiger partial charge in [-0.3, -0.25) is 4.79 Å². The summed E-state index contributed by atoms with van der Waals surface area (Å²) in [5.41, 5.74) is 0.481. The molecule has 1 aromatic rings. The molecular weight excluding hydrogens is 271 g/mol. The van der Waals surface area contributed by atoms with E-state index in [1.54, 1.807) is 18.2 Å². The molecule has 3 nitrogen and oxygen atoms in total. The molecule has 1 aliphatic carbocycles. The molecule has 0 heterocycles. The molecule has 0 spiro atoms. The van der Waals surface area contributed by atoms with E-state index in [0.717, 1.165) is 18.8 Å². The summed E-state index contributed by atoms with van der Waals surface area (Å²) in [6.07, 6.45) is 2.28. The standard InChI is InChI=1S/C13H16Cl2N2O/c1-8-5-9(6-8)16-7-12(18)17-13-10(14)3-2-4-11(13)15/h2-4,8-9,16H,5-7H2,1H3,(H,17,18). The number of nitrogens with one attached hydrogen (secondary N) is 2. The van der Waals surface area contributed by atoms with Crippen molar-refractivity contribution in [2.24, 2.45) is 5.92 Å². The Morgan fingerprint density at radius 3 is 2.50 bits per heavy atom. The van der Waals surface area contributed by atoms with Crippen molar-refractivity contribution in [3.63, 3.8) is 0 Å². The van der Waals surface area contributed by atoms with Gasteiger partial charge in [-0.05, 0) is 30.9 Å². The second-order valence-electron chi connectivity index (χ2n) is 4.80. The first-order valence-electron chi connectivity index (χ1n) is 6.03. The van der Waals surface area contributed by atoms with Crippen molar-refractivity contribution in [3.8, 4) is 0 Å². The van der Waals surface area contributed by atoms with Crippen molar-refractivity contribution in [1.29, 1.82) is 0 Å². The molecule has 0 unspecified atom stereocenters. The van der Waals surface area contributed by atoms with Crippen molar-refractivity contribution in [2.75, 3.05) is 11.9 Å². The normalized spacial score (nSPS) is 22.4. The van der Waals surface area contributed by atoms with Crippen LogP contribution < -0.4 is 10.6 Å². The molecule has 0 radical (unpaired) electrons. The average molecular weight is 287 g/mol. The molecule has 1 aromatic carbocycles. The van der Waals surface area contributed by atoms with E-state index in [4.69, 9.17) is 23.2 Å². The van der Waals surface area contributed by atoms with E-state index in [1.165, 1.54) is 0 Å². The van der Waals surface area contributed by atoms with Crippen molar-refractivity contribution < 1.29 is 4.79 Å². The number of anilines is 1. The molecule has 2 rings (SSSR count). The van der Waals surface area contributed by atoms with E-state index in [9.17, 15) is 4.79 Å². The topological polar surface area (TPSA) is 41.1 Å². The highest BCUT2D eigenvalue weighted by molar-refractivity contribution is 6.39. The van der Waals surface area contributed by atoms with E-state index in [-0.39, 0.29) is 5.91 Å². The molecule has 5 heteroatoms. The van der Waals surface area contributed by atoms with Crippen molar-refractivity contribution in [2.45, 2.75) is 25.8 Å². The molecule has 1 amide bonds.